The molecule has 0 bridgehead atoms. The van der Waals surface area contributed by atoms with Crippen molar-refractivity contribution in [3.8, 4) is 22.3 Å². The minimum atomic E-state index is -0.775. The molecule has 34 heavy (non-hydrogen) atoms. The van der Waals surface area contributed by atoms with Gasteiger partial charge in [-0.25, -0.2) is 8.78 Å². The van der Waals surface area contributed by atoms with Crippen molar-refractivity contribution in [3.63, 3.8) is 0 Å². The third kappa shape index (κ3) is 7.52. The molecule has 0 aliphatic carbocycles. The van der Waals surface area contributed by atoms with Crippen LogP contribution in [-0.2, 0) is 12.8 Å². The van der Waals surface area contributed by atoms with Gasteiger partial charge in [-0.1, -0.05) is 126 Å². The fourth-order valence-corrected chi connectivity index (χ4v) is 4.56. The van der Waals surface area contributed by atoms with Gasteiger partial charge in [-0.2, -0.15) is 0 Å². The van der Waals surface area contributed by atoms with Crippen LogP contribution in [0.3, 0.4) is 0 Å². The maximum absolute atomic E-state index is 15.0. The molecule has 2 heteroatoms. The van der Waals surface area contributed by atoms with Crippen molar-refractivity contribution in [2.75, 3.05) is 0 Å². The molecule has 0 radical (unpaired) electrons. The molecule has 0 aromatic heterocycles. The summed E-state index contributed by atoms with van der Waals surface area (Å²) in [7, 11) is 0. The first-order valence-electron chi connectivity index (χ1n) is 13.3. The van der Waals surface area contributed by atoms with Gasteiger partial charge in [-0.15, -0.1) is 0 Å². The lowest BCUT2D eigenvalue weighted by Gasteiger charge is -2.11. The summed E-state index contributed by atoms with van der Waals surface area (Å²) in [4.78, 5) is 0. The maximum atomic E-state index is 15.0. The van der Waals surface area contributed by atoms with Gasteiger partial charge in [-0.05, 0) is 47.9 Å². The van der Waals surface area contributed by atoms with E-state index in [0.29, 0.717) is 16.7 Å². The Labute approximate surface area is 205 Å². The van der Waals surface area contributed by atoms with Crippen LogP contribution < -0.4 is 0 Å². The lowest BCUT2D eigenvalue weighted by Crippen LogP contribution is -1.95. The fraction of sp³-hybridized carbons (Fsp3) is 0.438. The summed E-state index contributed by atoms with van der Waals surface area (Å²) >= 11 is 0. The van der Waals surface area contributed by atoms with Gasteiger partial charge in [0.2, 0.25) is 0 Å². The van der Waals surface area contributed by atoms with Gasteiger partial charge in [0, 0.05) is 11.1 Å². The van der Waals surface area contributed by atoms with Gasteiger partial charge in [0.05, 0.1) is 0 Å². The second kappa shape index (κ2) is 14.0. The van der Waals surface area contributed by atoms with E-state index in [4.69, 9.17) is 0 Å². The van der Waals surface area contributed by atoms with Crippen LogP contribution in [0.25, 0.3) is 22.3 Å². The van der Waals surface area contributed by atoms with Crippen LogP contribution in [0.5, 0.6) is 0 Å². The molecular weight excluding hydrogens is 422 g/mol. The molecule has 0 N–H and O–H groups in total. The number of rotatable bonds is 14. The maximum Gasteiger partial charge on any atom is 0.167 e. The minimum Gasteiger partial charge on any atom is -0.203 e. The van der Waals surface area contributed by atoms with E-state index in [1.807, 2.05) is 36.4 Å². The van der Waals surface area contributed by atoms with Gasteiger partial charge in [0.1, 0.15) is 0 Å². The summed E-state index contributed by atoms with van der Waals surface area (Å²) in [6.45, 7) is 4.43. The number of hydrogen-bond acceptors (Lipinski definition) is 0. The van der Waals surface area contributed by atoms with Crippen LogP contribution >= 0.6 is 0 Å². The Morgan fingerprint density at radius 3 is 1.24 bits per heavy atom. The van der Waals surface area contributed by atoms with Gasteiger partial charge >= 0.3 is 0 Å². The van der Waals surface area contributed by atoms with Crippen molar-refractivity contribution in [1.29, 1.82) is 0 Å². The van der Waals surface area contributed by atoms with E-state index in [0.717, 1.165) is 24.8 Å². The van der Waals surface area contributed by atoms with E-state index in [-0.39, 0.29) is 0 Å². The highest BCUT2D eigenvalue weighted by Crippen LogP contribution is 2.32. The molecule has 0 aliphatic heterocycles. The zero-order valence-corrected chi connectivity index (χ0v) is 21.0. The van der Waals surface area contributed by atoms with Crippen LogP contribution in [0.15, 0.2) is 60.7 Å². The Balaban J connectivity index is 1.61. The Morgan fingerprint density at radius 1 is 0.441 bits per heavy atom. The summed E-state index contributed by atoms with van der Waals surface area (Å²) in [5.41, 5.74) is 4.57. The standard InChI is InChI=1S/C32H40F2/c1-3-5-7-8-9-10-12-14-26-17-21-28(22-18-26)30-24-23-29(31(33)32(30)34)27-19-15-25(16-20-27)13-11-6-4-2/h15-24H,3-14H2,1-2H3. The summed E-state index contributed by atoms with van der Waals surface area (Å²) in [5, 5.41) is 0. The molecule has 0 unspecified atom stereocenters. The van der Waals surface area contributed by atoms with E-state index in [9.17, 15) is 0 Å². The van der Waals surface area contributed by atoms with Gasteiger partial charge in [0.25, 0.3) is 0 Å². The largest absolute Gasteiger partial charge is 0.203 e. The lowest BCUT2D eigenvalue weighted by atomic mass is 9.96. The number of aryl methyl sites for hydroxylation is 2. The Morgan fingerprint density at radius 2 is 0.794 bits per heavy atom. The molecule has 3 aromatic rings. The van der Waals surface area contributed by atoms with Crippen molar-refractivity contribution < 1.29 is 8.78 Å². The Hall–Kier alpha value is -2.48. The molecule has 0 spiro atoms. The highest BCUT2D eigenvalue weighted by molar-refractivity contribution is 5.72. The van der Waals surface area contributed by atoms with Gasteiger partial charge in [-0.3, -0.25) is 0 Å². The quantitative estimate of drug-likeness (QED) is 0.209. The van der Waals surface area contributed by atoms with Gasteiger partial charge in [0.15, 0.2) is 11.6 Å². The van der Waals surface area contributed by atoms with Gasteiger partial charge < -0.3 is 0 Å². The highest BCUT2D eigenvalue weighted by Gasteiger charge is 2.16. The summed E-state index contributed by atoms with van der Waals surface area (Å²) < 4.78 is 30.0. The first kappa shape index (κ1) is 26.1. The first-order chi connectivity index (χ1) is 16.6. The Kier molecular flexibility index (Phi) is 10.8. The molecule has 0 heterocycles. The number of unbranched alkanes of at least 4 members (excludes halogenated alkanes) is 8. The minimum absolute atomic E-state index is 0.317. The summed E-state index contributed by atoms with van der Waals surface area (Å²) in [6, 6.07) is 19.2. The van der Waals surface area contributed by atoms with E-state index >= 15 is 8.78 Å². The third-order valence-electron chi connectivity index (χ3n) is 6.75. The number of benzene rings is 3. The predicted molar refractivity (Wildman–Crippen MR) is 142 cm³/mol. The molecule has 0 saturated carbocycles. The zero-order valence-electron chi connectivity index (χ0n) is 21.0. The second-order valence-electron chi connectivity index (χ2n) is 9.51. The smallest absolute Gasteiger partial charge is 0.167 e. The van der Waals surface area contributed by atoms with Crippen molar-refractivity contribution in [1.82, 2.24) is 0 Å². The molecule has 0 saturated heterocycles. The third-order valence-corrected chi connectivity index (χ3v) is 6.75. The van der Waals surface area contributed by atoms with Crippen LogP contribution in [-0.4, -0.2) is 0 Å². The molecule has 0 atom stereocenters. The van der Waals surface area contributed by atoms with E-state index in [1.54, 1.807) is 12.1 Å². The molecule has 182 valence electrons. The average Bonchev–Trinajstić information content (AvgIpc) is 2.86. The monoisotopic (exact) mass is 462 g/mol. The van der Waals surface area contributed by atoms with Crippen LogP contribution in [0, 0.1) is 11.6 Å². The van der Waals surface area contributed by atoms with Crippen LogP contribution in [0.2, 0.25) is 0 Å². The summed E-state index contributed by atoms with van der Waals surface area (Å²) in [5.74, 6) is -1.55. The fourth-order valence-electron chi connectivity index (χ4n) is 4.56. The molecule has 0 fully saturated rings. The molecular formula is C32H40F2. The molecule has 3 rings (SSSR count). The van der Waals surface area contributed by atoms with E-state index in [1.165, 1.54) is 68.9 Å². The van der Waals surface area contributed by atoms with Crippen molar-refractivity contribution in [3.05, 3.63) is 83.4 Å². The van der Waals surface area contributed by atoms with E-state index in [2.05, 4.69) is 26.0 Å². The lowest BCUT2D eigenvalue weighted by molar-refractivity contribution is 0.514. The Bertz CT molecular complexity index is 987. The average molecular weight is 463 g/mol. The van der Waals surface area contributed by atoms with E-state index < -0.39 is 11.6 Å². The predicted octanol–water partition coefficient (Wildman–Crippen LogP) is 10.3. The van der Waals surface area contributed by atoms with Crippen LogP contribution in [0.4, 0.5) is 8.78 Å². The topological polar surface area (TPSA) is 0 Å². The normalized spacial score (nSPS) is 11.2. The molecule has 0 amide bonds. The molecule has 0 aliphatic rings. The van der Waals surface area contributed by atoms with Crippen molar-refractivity contribution >= 4 is 0 Å². The molecule has 3 aromatic carbocycles. The number of halogens is 2. The van der Waals surface area contributed by atoms with Crippen molar-refractivity contribution in [2.45, 2.75) is 90.9 Å². The highest BCUT2D eigenvalue weighted by atomic mass is 19.2. The zero-order chi connectivity index (χ0) is 24.2. The summed E-state index contributed by atoms with van der Waals surface area (Å²) in [6.07, 6.45) is 14.7. The van der Waals surface area contributed by atoms with Crippen molar-refractivity contribution in [2.24, 2.45) is 0 Å². The second-order valence-corrected chi connectivity index (χ2v) is 9.51. The SMILES string of the molecule is CCCCCCCCCc1ccc(-c2ccc(-c3ccc(CCCCC)cc3)c(F)c2F)cc1. The number of hydrogen-bond donors (Lipinski definition) is 0. The first-order valence-corrected chi connectivity index (χ1v) is 13.3. The van der Waals surface area contributed by atoms with Crippen LogP contribution in [0.1, 0.15) is 89.2 Å². The molecule has 0 nitrogen and oxygen atoms in total.